The number of nitrogens with zero attached hydrogens (tertiary/aromatic N) is 1. The van der Waals surface area contributed by atoms with Crippen LogP contribution in [-0.2, 0) is 0 Å². The summed E-state index contributed by atoms with van der Waals surface area (Å²) < 4.78 is 1.94. The van der Waals surface area contributed by atoms with Gasteiger partial charge in [-0.2, -0.15) is 0 Å². The van der Waals surface area contributed by atoms with Gasteiger partial charge in [0.1, 0.15) is 5.69 Å². The third-order valence-electron chi connectivity index (χ3n) is 3.07. The van der Waals surface area contributed by atoms with Crippen molar-refractivity contribution in [2.24, 2.45) is 5.92 Å². The van der Waals surface area contributed by atoms with E-state index in [0.29, 0.717) is 5.69 Å². The first-order valence-electron chi connectivity index (χ1n) is 6.06. The number of hydrogen-bond donors (Lipinski definition) is 2. The predicted octanol–water partition coefficient (Wildman–Crippen LogP) is 1.82. The molecule has 1 rings (SSSR count). The Bertz CT molecular complexity index is 371. The lowest BCUT2D eigenvalue weighted by Crippen LogP contribution is -2.39. The van der Waals surface area contributed by atoms with Crippen molar-refractivity contribution in [3.05, 3.63) is 24.0 Å². The summed E-state index contributed by atoms with van der Waals surface area (Å²) in [5, 5.41) is 11.9. The summed E-state index contributed by atoms with van der Waals surface area (Å²) in [6, 6.07) is 3.90. The van der Waals surface area contributed by atoms with E-state index < -0.39 is 0 Å². The van der Waals surface area contributed by atoms with Crippen molar-refractivity contribution in [1.29, 1.82) is 0 Å². The van der Waals surface area contributed by atoms with Gasteiger partial charge in [0.2, 0.25) is 0 Å². The highest BCUT2D eigenvalue weighted by Crippen LogP contribution is 2.11. The van der Waals surface area contributed by atoms with Crippen LogP contribution in [0.2, 0.25) is 0 Å². The molecule has 0 radical (unpaired) electrons. The number of nitrogens with one attached hydrogen (secondary N) is 1. The van der Waals surface area contributed by atoms with Crippen LogP contribution in [0.1, 0.15) is 44.2 Å². The molecule has 2 atom stereocenters. The van der Waals surface area contributed by atoms with Gasteiger partial charge >= 0.3 is 0 Å². The molecule has 0 aromatic carbocycles. The smallest absolute Gasteiger partial charge is 0.268 e. The Hall–Kier alpha value is -1.29. The number of hydrogen-bond acceptors (Lipinski definition) is 2. The Morgan fingerprint density at radius 3 is 2.59 bits per heavy atom. The first-order valence-corrected chi connectivity index (χ1v) is 6.06. The predicted molar refractivity (Wildman–Crippen MR) is 68.0 cm³/mol. The Labute approximate surface area is 103 Å². The fourth-order valence-corrected chi connectivity index (χ4v) is 1.62. The first kappa shape index (κ1) is 13.8. The third kappa shape index (κ3) is 3.33. The maximum Gasteiger partial charge on any atom is 0.268 e. The Kier molecular flexibility index (Phi) is 4.75. The van der Waals surface area contributed by atoms with Crippen molar-refractivity contribution in [3.8, 4) is 0 Å². The summed E-state index contributed by atoms with van der Waals surface area (Å²) >= 11 is 0. The monoisotopic (exact) mass is 238 g/mol. The molecule has 0 fully saturated rings. The minimum absolute atomic E-state index is 0.0389. The van der Waals surface area contributed by atoms with Gasteiger partial charge in [0.05, 0.1) is 0 Å². The summed E-state index contributed by atoms with van der Waals surface area (Å²) in [4.78, 5) is 12.0. The van der Waals surface area contributed by atoms with Crippen LogP contribution in [0.15, 0.2) is 18.3 Å². The third-order valence-corrected chi connectivity index (χ3v) is 3.07. The number of aromatic nitrogens is 1. The number of amides is 1. The highest BCUT2D eigenvalue weighted by molar-refractivity contribution is 5.93. The summed E-state index contributed by atoms with van der Waals surface area (Å²) in [5.41, 5.74) is 0.664. The normalized spacial score (nSPS) is 14.7. The number of aliphatic hydroxyl groups excluding tert-OH is 1. The second kappa shape index (κ2) is 5.87. The molecule has 4 nitrogen and oxygen atoms in total. The van der Waals surface area contributed by atoms with Crippen LogP contribution in [0, 0.1) is 5.92 Å². The summed E-state index contributed by atoms with van der Waals surface area (Å²) in [5.74, 6) is -0.0297. The zero-order valence-electron chi connectivity index (χ0n) is 11.0. The molecule has 1 aromatic heterocycles. The Morgan fingerprint density at radius 1 is 1.41 bits per heavy atom. The van der Waals surface area contributed by atoms with E-state index in [1.165, 1.54) is 0 Å². The SMILES string of the molecule is CC(CO)C(C)NC(=O)c1cccn1C(C)C. The van der Waals surface area contributed by atoms with Gasteiger partial charge < -0.3 is 15.0 Å². The molecule has 2 N–H and O–H groups in total. The van der Waals surface area contributed by atoms with Crippen molar-refractivity contribution < 1.29 is 9.90 Å². The molecule has 0 bridgehead atoms. The van der Waals surface area contributed by atoms with Crippen molar-refractivity contribution in [3.63, 3.8) is 0 Å². The van der Waals surface area contributed by atoms with E-state index >= 15 is 0 Å². The van der Waals surface area contributed by atoms with Crippen molar-refractivity contribution in [1.82, 2.24) is 9.88 Å². The van der Waals surface area contributed by atoms with E-state index in [1.807, 2.05) is 50.6 Å². The molecule has 96 valence electrons. The molecule has 0 saturated heterocycles. The van der Waals surface area contributed by atoms with E-state index in [-0.39, 0.29) is 30.5 Å². The average Bonchev–Trinajstić information content (AvgIpc) is 2.76. The largest absolute Gasteiger partial charge is 0.396 e. The fraction of sp³-hybridized carbons (Fsp3) is 0.615. The minimum Gasteiger partial charge on any atom is -0.396 e. The zero-order valence-corrected chi connectivity index (χ0v) is 11.0. The molecule has 2 unspecified atom stereocenters. The molecule has 0 aliphatic carbocycles. The second-order valence-electron chi connectivity index (χ2n) is 4.82. The number of carbonyl (C=O) groups is 1. The fourth-order valence-electron chi connectivity index (χ4n) is 1.62. The molecule has 0 spiro atoms. The van der Waals surface area contributed by atoms with Crippen molar-refractivity contribution >= 4 is 5.91 Å². The number of aliphatic hydroxyl groups is 1. The molecular formula is C13H22N2O2. The van der Waals surface area contributed by atoms with E-state index in [2.05, 4.69) is 5.32 Å². The maximum absolute atomic E-state index is 12.0. The van der Waals surface area contributed by atoms with Crippen LogP contribution in [-0.4, -0.2) is 28.2 Å². The summed E-state index contributed by atoms with van der Waals surface area (Å²) in [6.45, 7) is 7.97. The molecule has 1 heterocycles. The molecule has 1 aromatic rings. The van der Waals surface area contributed by atoms with E-state index in [4.69, 9.17) is 5.11 Å². The van der Waals surface area contributed by atoms with Crippen molar-refractivity contribution in [2.75, 3.05) is 6.61 Å². The summed E-state index contributed by atoms with van der Waals surface area (Å²) in [6.07, 6.45) is 1.90. The van der Waals surface area contributed by atoms with E-state index in [0.717, 1.165) is 0 Å². The highest BCUT2D eigenvalue weighted by Gasteiger charge is 2.17. The Morgan fingerprint density at radius 2 is 2.06 bits per heavy atom. The van der Waals surface area contributed by atoms with Crippen LogP contribution in [0.3, 0.4) is 0 Å². The lowest BCUT2D eigenvalue weighted by Gasteiger charge is -2.20. The van der Waals surface area contributed by atoms with Crippen LogP contribution >= 0.6 is 0 Å². The molecule has 1 amide bonds. The Balaban J connectivity index is 2.73. The van der Waals surface area contributed by atoms with Crippen LogP contribution in [0.25, 0.3) is 0 Å². The van der Waals surface area contributed by atoms with Crippen molar-refractivity contribution in [2.45, 2.75) is 39.8 Å². The molecule has 0 aliphatic rings. The highest BCUT2D eigenvalue weighted by atomic mass is 16.3. The van der Waals surface area contributed by atoms with Crippen LogP contribution in [0.4, 0.5) is 0 Å². The number of carbonyl (C=O) groups excluding carboxylic acids is 1. The molecule has 0 aliphatic heterocycles. The van der Waals surface area contributed by atoms with Gasteiger partial charge in [0, 0.05) is 24.9 Å². The van der Waals surface area contributed by atoms with E-state index in [1.54, 1.807) is 0 Å². The maximum atomic E-state index is 12.0. The molecule has 0 saturated carbocycles. The molecule has 17 heavy (non-hydrogen) atoms. The lowest BCUT2D eigenvalue weighted by atomic mass is 10.1. The topological polar surface area (TPSA) is 54.3 Å². The molecule has 4 heteroatoms. The van der Waals surface area contributed by atoms with Crippen LogP contribution in [0.5, 0.6) is 0 Å². The second-order valence-corrected chi connectivity index (χ2v) is 4.82. The standard InChI is InChI=1S/C13H22N2O2/c1-9(2)15-7-5-6-12(15)13(17)14-11(4)10(3)8-16/h5-7,9-11,16H,8H2,1-4H3,(H,14,17). The van der Waals surface area contributed by atoms with E-state index in [9.17, 15) is 4.79 Å². The quantitative estimate of drug-likeness (QED) is 0.822. The minimum atomic E-state index is -0.0866. The first-order chi connectivity index (χ1) is 7.97. The molecular weight excluding hydrogens is 216 g/mol. The zero-order chi connectivity index (χ0) is 13.0. The lowest BCUT2D eigenvalue weighted by molar-refractivity contribution is 0.0905. The number of rotatable bonds is 5. The van der Waals surface area contributed by atoms with Gasteiger partial charge in [-0.25, -0.2) is 0 Å². The van der Waals surface area contributed by atoms with Gasteiger partial charge in [-0.15, -0.1) is 0 Å². The summed E-state index contributed by atoms with van der Waals surface area (Å²) in [7, 11) is 0. The van der Waals surface area contributed by atoms with Crippen LogP contribution < -0.4 is 5.32 Å². The van der Waals surface area contributed by atoms with Gasteiger partial charge in [0.25, 0.3) is 5.91 Å². The van der Waals surface area contributed by atoms with Gasteiger partial charge in [-0.3, -0.25) is 4.79 Å². The van der Waals surface area contributed by atoms with Gasteiger partial charge in [0.15, 0.2) is 0 Å². The van der Waals surface area contributed by atoms with Gasteiger partial charge in [-0.05, 0) is 38.8 Å². The van der Waals surface area contributed by atoms with Gasteiger partial charge in [-0.1, -0.05) is 6.92 Å². The average molecular weight is 238 g/mol.